The number of hydrogen-bond acceptors (Lipinski definition) is 2. The van der Waals surface area contributed by atoms with E-state index >= 15 is 0 Å². The van der Waals surface area contributed by atoms with Gasteiger partial charge in [-0.3, -0.25) is 0 Å². The van der Waals surface area contributed by atoms with Gasteiger partial charge >= 0.3 is 6.18 Å². The van der Waals surface area contributed by atoms with E-state index in [2.05, 4.69) is 10.3 Å². The highest BCUT2D eigenvalue weighted by atomic mass is 19.4. The van der Waals surface area contributed by atoms with Crippen LogP contribution in [0, 0.1) is 13.8 Å². The van der Waals surface area contributed by atoms with Gasteiger partial charge in [0, 0.05) is 25.0 Å². The quantitative estimate of drug-likeness (QED) is 0.556. The largest absolute Gasteiger partial charge is 0.416 e. The first kappa shape index (κ1) is 18.8. The Labute approximate surface area is 146 Å². The summed E-state index contributed by atoms with van der Waals surface area (Å²) in [4.78, 5) is 6.45. The van der Waals surface area contributed by atoms with E-state index < -0.39 is 11.7 Å². The van der Waals surface area contributed by atoms with E-state index in [4.69, 9.17) is 0 Å². The molecular formula is C19H22F3N3. The molecule has 0 aliphatic heterocycles. The number of nitrogens with zero attached hydrogens (tertiary/aromatic N) is 2. The van der Waals surface area contributed by atoms with Gasteiger partial charge in [0.2, 0.25) is 0 Å². The van der Waals surface area contributed by atoms with Crippen LogP contribution in [0.3, 0.4) is 0 Å². The standard InChI is InChI=1S/C19H22F3N3/c1-5-25(4)12-23-17-10-14(3)18(11-13(17)2)24-16-8-6-15(7-9-16)19(20,21)22/h6-12,24H,5H2,1-4H3. The second-order valence-electron chi connectivity index (χ2n) is 5.97. The summed E-state index contributed by atoms with van der Waals surface area (Å²) >= 11 is 0. The van der Waals surface area contributed by atoms with Gasteiger partial charge in [-0.2, -0.15) is 13.2 Å². The molecule has 2 aromatic rings. The molecule has 6 heteroatoms. The SMILES string of the molecule is CCN(C)C=Nc1cc(C)c(Nc2ccc(C(F)(F)F)cc2)cc1C. The highest BCUT2D eigenvalue weighted by Crippen LogP contribution is 2.32. The van der Waals surface area contributed by atoms with Crippen molar-refractivity contribution < 1.29 is 13.2 Å². The van der Waals surface area contributed by atoms with Crippen LogP contribution < -0.4 is 5.32 Å². The Bertz CT molecular complexity index is 750. The van der Waals surface area contributed by atoms with Gasteiger partial charge in [0.25, 0.3) is 0 Å². The molecule has 0 radical (unpaired) electrons. The summed E-state index contributed by atoms with van der Waals surface area (Å²) in [6, 6.07) is 8.92. The fourth-order valence-electron chi connectivity index (χ4n) is 2.22. The predicted molar refractivity (Wildman–Crippen MR) is 97.1 cm³/mol. The topological polar surface area (TPSA) is 27.6 Å². The molecular weight excluding hydrogens is 327 g/mol. The van der Waals surface area contributed by atoms with Crippen LogP contribution in [0.1, 0.15) is 23.6 Å². The molecule has 0 unspecified atom stereocenters. The molecule has 0 saturated carbocycles. The smallest absolute Gasteiger partial charge is 0.366 e. The van der Waals surface area contributed by atoms with Crippen LogP contribution in [0.2, 0.25) is 0 Å². The maximum atomic E-state index is 12.6. The van der Waals surface area contributed by atoms with Crippen LogP contribution in [-0.2, 0) is 6.18 Å². The molecule has 0 atom stereocenters. The fourth-order valence-corrected chi connectivity index (χ4v) is 2.22. The lowest BCUT2D eigenvalue weighted by Gasteiger charge is -2.14. The first-order valence-corrected chi connectivity index (χ1v) is 8.00. The molecule has 0 amide bonds. The molecule has 1 N–H and O–H groups in total. The second kappa shape index (κ2) is 7.59. The van der Waals surface area contributed by atoms with Crippen LogP contribution in [0.15, 0.2) is 41.4 Å². The summed E-state index contributed by atoms with van der Waals surface area (Å²) in [5, 5.41) is 3.17. The molecule has 3 nitrogen and oxygen atoms in total. The lowest BCUT2D eigenvalue weighted by molar-refractivity contribution is -0.137. The zero-order valence-corrected chi connectivity index (χ0v) is 14.8. The van der Waals surface area contributed by atoms with Crippen molar-refractivity contribution in [1.29, 1.82) is 0 Å². The Morgan fingerprint density at radius 2 is 1.72 bits per heavy atom. The molecule has 0 aromatic heterocycles. The lowest BCUT2D eigenvalue weighted by Crippen LogP contribution is -2.14. The third kappa shape index (κ3) is 4.98. The van der Waals surface area contributed by atoms with Gasteiger partial charge in [0.15, 0.2) is 0 Å². The van der Waals surface area contributed by atoms with Crippen LogP contribution in [0.5, 0.6) is 0 Å². The first-order chi connectivity index (χ1) is 11.7. The van der Waals surface area contributed by atoms with Crippen LogP contribution in [0.4, 0.5) is 30.2 Å². The Hall–Kier alpha value is -2.50. The van der Waals surface area contributed by atoms with E-state index in [1.807, 2.05) is 44.9 Å². The van der Waals surface area contributed by atoms with Crippen molar-refractivity contribution in [3.8, 4) is 0 Å². The van der Waals surface area contributed by atoms with Gasteiger partial charge in [0.1, 0.15) is 0 Å². The number of halogens is 3. The Kier molecular flexibility index (Phi) is 5.72. The third-order valence-electron chi connectivity index (χ3n) is 3.93. The number of aryl methyl sites for hydroxylation is 2. The Morgan fingerprint density at radius 1 is 1.08 bits per heavy atom. The van der Waals surface area contributed by atoms with Crippen LogP contribution in [0.25, 0.3) is 0 Å². The van der Waals surface area contributed by atoms with E-state index in [9.17, 15) is 13.2 Å². The number of alkyl halides is 3. The lowest BCUT2D eigenvalue weighted by atomic mass is 10.1. The molecule has 0 spiro atoms. The van der Waals surface area contributed by atoms with Crippen molar-refractivity contribution in [2.45, 2.75) is 26.9 Å². The van der Waals surface area contributed by atoms with Crippen molar-refractivity contribution in [3.05, 3.63) is 53.1 Å². The Balaban J connectivity index is 2.20. The molecule has 0 heterocycles. The van der Waals surface area contributed by atoms with Crippen molar-refractivity contribution in [2.75, 3.05) is 18.9 Å². The van der Waals surface area contributed by atoms with E-state index in [0.29, 0.717) is 5.69 Å². The summed E-state index contributed by atoms with van der Waals surface area (Å²) in [7, 11) is 1.95. The average Bonchev–Trinajstić information content (AvgIpc) is 2.56. The van der Waals surface area contributed by atoms with Crippen molar-refractivity contribution in [1.82, 2.24) is 4.90 Å². The van der Waals surface area contributed by atoms with Gasteiger partial charge < -0.3 is 10.2 Å². The average molecular weight is 349 g/mol. The monoisotopic (exact) mass is 349 g/mol. The zero-order chi connectivity index (χ0) is 18.6. The number of rotatable bonds is 5. The van der Waals surface area contributed by atoms with Crippen LogP contribution >= 0.6 is 0 Å². The van der Waals surface area contributed by atoms with Crippen LogP contribution in [-0.4, -0.2) is 24.8 Å². The molecule has 0 bridgehead atoms. The minimum absolute atomic E-state index is 0.609. The number of hydrogen-bond donors (Lipinski definition) is 1. The van der Waals surface area contributed by atoms with Gasteiger partial charge in [-0.05, 0) is 68.3 Å². The van der Waals surface area contributed by atoms with Crippen molar-refractivity contribution in [2.24, 2.45) is 4.99 Å². The van der Waals surface area contributed by atoms with Crippen molar-refractivity contribution >= 4 is 23.4 Å². The number of aliphatic imine (C=N–C) groups is 1. The summed E-state index contributed by atoms with van der Waals surface area (Å²) in [6.45, 7) is 6.81. The van der Waals surface area contributed by atoms with E-state index in [1.54, 1.807) is 6.34 Å². The predicted octanol–water partition coefficient (Wildman–Crippen LogP) is 5.68. The zero-order valence-electron chi connectivity index (χ0n) is 14.8. The summed E-state index contributed by atoms with van der Waals surface area (Å²) in [5.74, 6) is 0. The number of anilines is 2. The van der Waals surface area contributed by atoms with E-state index in [0.717, 1.165) is 41.2 Å². The minimum atomic E-state index is -4.32. The molecule has 0 fully saturated rings. The molecule has 134 valence electrons. The maximum absolute atomic E-state index is 12.6. The highest BCUT2D eigenvalue weighted by Gasteiger charge is 2.29. The fraction of sp³-hybridized carbons (Fsp3) is 0.316. The maximum Gasteiger partial charge on any atom is 0.416 e. The first-order valence-electron chi connectivity index (χ1n) is 8.00. The number of nitrogens with one attached hydrogen (secondary N) is 1. The number of benzene rings is 2. The minimum Gasteiger partial charge on any atom is -0.366 e. The van der Waals surface area contributed by atoms with Crippen molar-refractivity contribution in [3.63, 3.8) is 0 Å². The molecule has 0 aliphatic rings. The second-order valence-corrected chi connectivity index (χ2v) is 5.97. The third-order valence-corrected chi connectivity index (χ3v) is 3.93. The van der Waals surface area contributed by atoms with Gasteiger partial charge in [0.05, 0.1) is 17.6 Å². The Morgan fingerprint density at radius 3 is 2.28 bits per heavy atom. The highest BCUT2D eigenvalue weighted by molar-refractivity contribution is 5.70. The molecule has 25 heavy (non-hydrogen) atoms. The normalized spacial score (nSPS) is 11.8. The summed E-state index contributed by atoms with van der Waals surface area (Å²) < 4.78 is 37.9. The molecule has 2 aromatic carbocycles. The van der Waals surface area contributed by atoms with Gasteiger partial charge in [-0.15, -0.1) is 0 Å². The van der Waals surface area contributed by atoms with E-state index in [1.165, 1.54) is 12.1 Å². The molecule has 2 rings (SSSR count). The van der Waals surface area contributed by atoms with E-state index in [-0.39, 0.29) is 0 Å². The van der Waals surface area contributed by atoms with Gasteiger partial charge in [-0.25, -0.2) is 4.99 Å². The molecule has 0 saturated heterocycles. The summed E-state index contributed by atoms with van der Waals surface area (Å²) in [5.41, 5.74) is 3.63. The van der Waals surface area contributed by atoms with Gasteiger partial charge in [-0.1, -0.05) is 0 Å². The molecule has 0 aliphatic carbocycles. The summed E-state index contributed by atoms with van der Waals surface area (Å²) in [6.07, 6.45) is -2.54.